The van der Waals surface area contributed by atoms with Crippen LogP contribution in [0.4, 0.5) is 0 Å². The molecular formula is C8H16N2O4S4. The molecule has 0 aromatic rings. The van der Waals surface area contributed by atoms with Gasteiger partial charge in [0.15, 0.2) is 0 Å². The Bertz CT molecular complexity index is 398. The van der Waals surface area contributed by atoms with Gasteiger partial charge >= 0.3 is 11.9 Å². The first-order valence-electron chi connectivity index (χ1n) is 4.99. The van der Waals surface area contributed by atoms with Crippen LogP contribution in [0.15, 0.2) is 0 Å². The average Bonchev–Trinajstić information content (AvgIpc) is 2.25. The summed E-state index contributed by atoms with van der Waals surface area (Å²) in [7, 11) is 1.30. The van der Waals surface area contributed by atoms with Crippen molar-refractivity contribution in [3.8, 4) is 0 Å². The van der Waals surface area contributed by atoms with E-state index in [2.05, 4.69) is 0 Å². The van der Waals surface area contributed by atoms with Crippen molar-refractivity contribution in [1.29, 1.82) is 0 Å². The summed E-state index contributed by atoms with van der Waals surface area (Å²) in [5, 5.41) is 17.2. The molecule has 0 saturated heterocycles. The summed E-state index contributed by atoms with van der Waals surface area (Å²) < 4.78 is 0. The lowest BCUT2D eigenvalue weighted by molar-refractivity contribution is -0.139. The maximum absolute atomic E-state index is 10.5. The summed E-state index contributed by atoms with van der Waals surface area (Å²) in [6, 6.07) is -1.87. The maximum atomic E-state index is 10.5. The van der Waals surface area contributed by atoms with Gasteiger partial charge in [0, 0.05) is 11.5 Å². The van der Waals surface area contributed by atoms with E-state index in [4.69, 9.17) is 44.1 Å². The fourth-order valence-corrected chi connectivity index (χ4v) is 5.64. The van der Waals surface area contributed by atoms with Crippen LogP contribution < -0.4 is 11.5 Å². The van der Waals surface area contributed by atoms with E-state index in [9.17, 15) is 9.59 Å². The lowest BCUT2D eigenvalue weighted by Gasteiger charge is -2.12. The Kier molecular flexibility index (Phi) is 8.23. The van der Waals surface area contributed by atoms with Crippen LogP contribution in [-0.4, -0.2) is 45.7 Å². The second-order valence-corrected chi connectivity index (χ2v) is 13.4. The minimum absolute atomic E-state index is 0.232. The summed E-state index contributed by atoms with van der Waals surface area (Å²) in [5.74, 6) is -1.30. The van der Waals surface area contributed by atoms with Gasteiger partial charge in [-0.1, -0.05) is 10.8 Å². The summed E-state index contributed by atoms with van der Waals surface area (Å²) in [6.45, 7) is 0. The van der Waals surface area contributed by atoms with Gasteiger partial charge in [-0.15, -0.1) is 0 Å². The lowest BCUT2D eigenvalue weighted by Crippen LogP contribution is -2.32. The third-order valence-electron chi connectivity index (χ3n) is 2.00. The van der Waals surface area contributed by atoms with Crippen LogP contribution >= 0.6 is 10.8 Å². The van der Waals surface area contributed by atoms with E-state index in [0.29, 0.717) is 11.5 Å². The Morgan fingerprint density at radius 1 is 1.11 bits per heavy atom. The van der Waals surface area contributed by atoms with E-state index >= 15 is 0 Å². The molecule has 0 saturated carbocycles. The fourth-order valence-electron chi connectivity index (χ4n) is 0.879. The summed E-state index contributed by atoms with van der Waals surface area (Å²) >= 11 is 10.4. The van der Waals surface area contributed by atoms with E-state index < -0.39 is 30.2 Å². The van der Waals surface area contributed by atoms with E-state index in [1.165, 1.54) is 10.8 Å². The highest BCUT2D eigenvalue weighted by molar-refractivity contribution is 8.97. The van der Waals surface area contributed by atoms with E-state index in [1.54, 1.807) is 0 Å². The van der Waals surface area contributed by atoms with Gasteiger partial charge < -0.3 is 21.7 Å². The standard InChI is InChI=1S/C8H16N2O4S4/c9-5(7(11)12)1-3-17-18(15,16)4-2-6(10)8(13)14/h5-6H,1-4,9-10H2,(H,11,12)(H,13,14)/t5-,6+/m0/s1. The minimum Gasteiger partial charge on any atom is -0.480 e. The van der Waals surface area contributed by atoms with Gasteiger partial charge in [0.05, 0.1) is 0 Å². The summed E-state index contributed by atoms with van der Waals surface area (Å²) in [6.07, 6.45) is -1.32. The smallest absolute Gasteiger partial charge is 0.320 e. The first-order chi connectivity index (χ1) is 8.15. The number of carbonyl (C=O) groups is 2. The van der Waals surface area contributed by atoms with E-state index in [-0.39, 0.29) is 12.8 Å². The molecule has 0 spiro atoms. The predicted octanol–water partition coefficient (Wildman–Crippen LogP) is -0.684. The van der Waals surface area contributed by atoms with Crippen molar-refractivity contribution in [1.82, 2.24) is 0 Å². The lowest BCUT2D eigenvalue weighted by atomic mass is 10.2. The molecule has 0 bridgehead atoms. The molecule has 0 aromatic carbocycles. The van der Waals surface area contributed by atoms with Crippen molar-refractivity contribution in [2.24, 2.45) is 11.5 Å². The highest BCUT2D eigenvalue weighted by Crippen LogP contribution is 2.18. The molecule has 0 amide bonds. The predicted molar refractivity (Wildman–Crippen MR) is 79.9 cm³/mol. The molecule has 0 aliphatic carbocycles. The zero-order valence-corrected chi connectivity index (χ0v) is 12.7. The molecule has 0 unspecified atom stereocenters. The number of carboxylic acid groups (broad SMARTS) is 2. The molecule has 6 nitrogen and oxygen atoms in total. The minimum atomic E-state index is -1.84. The van der Waals surface area contributed by atoms with Crippen molar-refractivity contribution >= 4 is 51.3 Å². The number of hydrogen-bond donors (Lipinski definition) is 4. The number of carboxylic acids is 2. The van der Waals surface area contributed by atoms with Gasteiger partial charge in [-0.3, -0.25) is 9.59 Å². The van der Waals surface area contributed by atoms with Crippen molar-refractivity contribution in [3.05, 3.63) is 0 Å². The number of aliphatic carboxylic acids is 2. The SMILES string of the molecule is N[C@H](CCS(=S)(=S)SCC[C@H](N)C(=O)O)C(=O)O. The third-order valence-corrected chi connectivity index (χ3v) is 8.31. The summed E-state index contributed by atoms with van der Waals surface area (Å²) in [5.41, 5.74) is 10.7. The number of hydrogen-bond acceptors (Lipinski definition) is 7. The van der Waals surface area contributed by atoms with Crippen LogP contribution in [0.25, 0.3) is 0 Å². The Balaban J connectivity index is 4.02. The molecule has 10 heteroatoms. The largest absolute Gasteiger partial charge is 0.480 e. The second kappa shape index (κ2) is 8.23. The van der Waals surface area contributed by atoms with Crippen LogP contribution in [0.3, 0.4) is 0 Å². The molecule has 0 aliphatic heterocycles. The van der Waals surface area contributed by atoms with E-state index in [1.807, 2.05) is 0 Å². The fraction of sp³-hybridized carbons (Fsp3) is 0.750. The van der Waals surface area contributed by atoms with Gasteiger partial charge in [-0.25, -0.2) is 0 Å². The highest BCUT2D eigenvalue weighted by atomic mass is 33.5. The number of nitrogens with two attached hydrogens (primary N) is 2. The highest BCUT2D eigenvalue weighted by Gasteiger charge is 2.15. The molecule has 0 radical (unpaired) electrons. The molecule has 106 valence electrons. The van der Waals surface area contributed by atoms with Crippen molar-refractivity contribution < 1.29 is 19.8 Å². The van der Waals surface area contributed by atoms with Gasteiger partial charge in [-0.2, -0.15) is 0 Å². The Labute approximate surface area is 119 Å². The van der Waals surface area contributed by atoms with Gasteiger partial charge in [-0.05, 0) is 41.4 Å². The molecule has 2 atom stereocenters. The average molecular weight is 332 g/mol. The molecule has 0 aliphatic rings. The monoisotopic (exact) mass is 332 g/mol. The Hall–Kier alpha value is 0. The van der Waals surface area contributed by atoms with Crippen molar-refractivity contribution in [3.63, 3.8) is 0 Å². The van der Waals surface area contributed by atoms with Crippen molar-refractivity contribution in [2.75, 3.05) is 11.5 Å². The van der Waals surface area contributed by atoms with Crippen LogP contribution in [0.2, 0.25) is 0 Å². The van der Waals surface area contributed by atoms with Crippen LogP contribution in [0, 0.1) is 0 Å². The quantitative estimate of drug-likeness (QED) is 0.406. The zero-order chi connectivity index (χ0) is 14.3. The molecule has 0 rings (SSSR count). The Morgan fingerprint density at radius 3 is 2.00 bits per heavy atom. The van der Waals surface area contributed by atoms with Gasteiger partial charge in [0.2, 0.25) is 0 Å². The zero-order valence-electron chi connectivity index (χ0n) is 9.48. The number of rotatable bonds is 9. The van der Waals surface area contributed by atoms with E-state index in [0.717, 1.165) is 0 Å². The Morgan fingerprint density at radius 2 is 1.56 bits per heavy atom. The van der Waals surface area contributed by atoms with Crippen LogP contribution in [0.5, 0.6) is 0 Å². The van der Waals surface area contributed by atoms with Crippen LogP contribution in [0.1, 0.15) is 12.8 Å². The first kappa shape index (κ1) is 18.0. The molecule has 18 heavy (non-hydrogen) atoms. The molecule has 6 N–H and O–H groups in total. The van der Waals surface area contributed by atoms with Crippen molar-refractivity contribution in [2.45, 2.75) is 24.9 Å². The normalized spacial score (nSPS) is 15.0. The second-order valence-electron chi connectivity index (χ2n) is 3.55. The molecular weight excluding hydrogens is 316 g/mol. The molecule has 0 fully saturated rings. The third kappa shape index (κ3) is 8.16. The van der Waals surface area contributed by atoms with Gasteiger partial charge in [0.25, 0.3) is 0 Å². The maximum Gasteiger partial charge on any atom is 0.320 e. The molecule has 0 aromatic heterocycles. The first-order valence-corrected chi connectivity index (χ1v) is 10.1. The topological polar surface area (TPSA) is 127 Å². The molecule has 0 heterocycles. The van der Waals surface area contributed by atoms with Gasteiger partial charge in [0.1, 0.15) is 12.1 Å². The summed E-state index contributed by atoms with van der Waals surface area (Å²) in [4.78, 5) is 21.0. The van der Waals surface area contributed by atoms with Crippen LogP contribution in [-0.2, 0) is 38.1 Å².